The fourth-order valence-electron chi connectivity index (χ4n) is 2.61. The highest BCUT2D eigenvalue weighted by Gasteiger charge is 2.28. The lowest BCUT2D eigenvalue weighted by atomic mass is 10.0. The van der Waals surface area contributed by atoms with E-state index in [2.05, 4.69) is 20.4 Å². The summed E-state index contributed by atoms with van der Waals surface area (Å²) >= 11 is 0. The van der Waals surface area contributed by atoms with E-state index < -0.39 is 6.10 Å². The standard InChI is InChI=1S/C20H16N4O3/c25-20(18-12-17(24-27-18)14-4-2-1-3-5-14)23-15-6-8-16(9-7-15)26-19-13-21-10-11-22-19/h1-11,13,18H,12H2,(H,23,25)/t18-/m0/s1. The number of oxime groups is 1. The van der Waals surface area contributed by atoms with Gasteiger partial charge < -0.3 is 14.9 Å². The molecule has 1 aliphatic heterocycles. The summed E-state index contributed by atoms with van der Waals surface area (Å²) in [6, 6.07) is 16.6. The van der Waals surface area contributed by atoms with Crippen LogP contribution in [-0.2, 0) is 9.63 Å². The Morgan fingerprint density at radius 1 is 1.07 bits per heavy atom. The Labute approximate surface area is 155 Å². The van der Waals surface area contributed by atoms with Crippen molar-refractivity contribution < 1.29 is 14.4 Å². The predicted octanol–water partition coefficient (Wildman–Crippen LogP) is 3.40. The van der Waals surface area contributed by atoms with Crippen LogP contribution in [0.1, 0.15) is 12.0 Å². The topological polar surface area (TPSA) is 85.7 Å². The van der Waals surface area contributed by atoms with Crippen molar-refractivity contribution in [3.05, 3.63) is 78.8 Å². The number of ether oxygens (including phenoxy) is 1. The molecule has 1 amide bonds. The number of rotatable bonds is 5. The molecular weight excluding hydrogens is 344 g/mol. The van der Waals surface area contributed by atoms with E-state index in [-0.39, 0.29) is 5.91 Å². The Morgan fingerprint density at radius 2 is 1.89 bits per heavy atom. The predicted molar refractivity (Wildman–Crippen MR) is 99.6 cm³/mol. The first kappa shape index (κ1) is 16.7. The molecule has 134 valence electrons. The minimum absolute atomic E-state index is 0.243. The quantitative estimate of drug-likeness (QED) is 0.754. The molecule has 27 heavy (non-hydrogen) atoms. The van der Waals surface area contributed by atoms with Gasteiger partial charge in [0.05, 0.1) is 11.9 Å². The number of anilines is 1. The maximum Gasteiger partial charge on any atom is 0.268 e. The summed E-state index contributed by atoms with van der Waals surface area (Å²) < 4.78 is 5.57. The highest BCUT2D eigenvalue weighted by Crippen LogP contribution is 2.22. The smallest absolute Gasteiger partial charge is 0.268 e. The summed E-state index contributed by atoms with van der Waals surface area (Å²) in [5, 5.41) is 6.86. The average molecular weight is 360 g/mol. The van der Waals surface area contributed by atoms with Gasteiger partial charge in [0.1, 0.15) is 5.75 Å². The molecule has 1 atom stereocenters. The van der Waals surface area contributed by atoms with Crippen molar-refractivity contribution in [3.8, 4) is 11.6 Å². The van der Waals surface area contributed by atoms with Gasteiger partial charge in [0.15, 0.2) is 0 Å². The van der Waals surface area contributed by atoms with E-state index in [4.69, 9.17) is 9.57 Å². The zero-order chi connectivity index (χ0) is 18.5. The van der Waals surface area contributed by atoms with Crippen LogP contribution in [0.15, 0.2) is 78.3 Å². The molecule has 0 radical (unpaired) electrons. The maximum atomic E-state index is 12.4. The molecule has 4 rings (SSSR count). The van der Waals surface area contributed by atoms with Crippen LogP contribution in [0.2, 0.25) is 0 Å². The molecule has 7 nitrogen and oxygen atoms in total. The largest absolute Gasteiger partial charge is 0.438 e. The molecule has 7 heteroatoms. The number of amides is 1. The Kier molecular flexibility index (Phi) is 4.74. The second kappa shape index (κ2) is 7.65. The number of nitrogens with one attached hydrogen (secondary N) is 1. The van der Waals surface area contributed by atoms with Gasteiger partial charge in [-0.25, -0.2) is 4.98 Å². The van der Waals surface area contributed by atoms with Crippen LogP contribution in [0, 0.1) is 0 Å². The summed E-state index contributed by atoms with van der Waals surface area (Å²) in [5.74, 6) is 0.756. The van der Waals surface area contributed by atoms with Crippen LogP contribution < -0.4 is 10.1 Å². The van der Waals surface area contributed by atoms with Gasteiger partial charge in [-0.05, 0) is 29.8 Å². The summed E-state index contributed by atoms with van der Waals surface area (Å²) in [5.41, 5.74) is 2.37. The van der Waals surface area contributed by atoms with Gasteiger partial charge in [-0.3, -0.25) is 9.78 Å². The molecule has 0 aliphatic carbocycles. The molecule has 0 saturated carbocycles. The summed E-state index contributed by atoms with van der Waals surface area (Å²) in [6.07, 6.45) is 4.44. The van der Waals surface area contributed by atoms with E-state index in [1.165, 1.54) is 6.20 Å². The fraction of sp³-hybridized carbons (Fsp3) is 0.100. The van der Waals surface area contributed by atoms with E-state index >= 15 is 0 Å². The average Bonchev–Trinajstić information content (AvgIpc) is 3.21. The number of hydrogen-bond donors (Lipinski definition) is 1. The van der Waals surface area contributed by atoms with Crippen molar-refractivity contribution in [2.45, 2.75) is 12.5 Å². The van der Waals surface area contributed by atoms with Gasteiger partial charge in [0.2, 0.25) is 12.0 Å². The van der Waals surface area contributed by atoms with Gasteiger partial charge in [0, 0.05) is 24.5 Å². The van der Waals surface area contributed by atoms with Gasteiger partial charge in [-0.15, -0.1) is 0 Å². The van der Waals surface area contributed by atoms with Gasteiger partial charge in [0.25, 0.3) is 5.91 Å². The van der Waals surface area contributed by atoms with Crippen molar-refractivity contribution in [1.82, 2.24) is 9.97 Å². The molecule has 0 unspecified atom stereocenters. The van der Waals surface area contributed by atoms with Crippen molar-refractivity contribution in [1.29, 1.82) is 0 Å². The van der Waals surface area contributed by atoms with Gasteiger partial charge in [-0.1, -0.05) is 35.5 Å². The molecule has 0 spiro atoms. The first-order valence-corrected chi connectivity index (χ1v) is 8.41. The zero-order valence-electron chi connectivity index (χ0n) is 14.3. The Balaban J connectivity index is 1.34. The second-order valence-corrected chi connectivity index (χ2v) is 5.86. The van der Waals surface area contributed by atoms with Crippen LogP contribution >= 0.6 is 0 Å². The lowest BCUT2D eigenvalue weighted by molar-refractivity contribution is -0.125. The third kappa shape index (κ3) is 4.09. The summed E-state index contributed by atoms with van der Waals surface area (Å²) in [4.78, 5) is 25.7. The molecular formula is C20H16N4O3. The number of benzene rings is 2. The Morgan fingerprint density at radius 3 is 2.63 bits per heavy atom. The molecule has 0 fully saturated rings. The van der Waals surface area contributed by atoms with Gasteiger partial charge in [-0.2, -0.15) is 0 Å². The van der Waals surface area contributed by atoms with E-state index in [1.807, 2.05) is 30.3 Å². The maximum absolute atomic E-state index is 12.4. The molecule has 2 heterocycles. The fourth-order valence-corrected chi connectivity index (χ4v) is 2.61. The van der Waals surface area contributed by atoms with Crippen molar-refractivity contribution in [3.63, 3.8) is 0 Å². The molecule has 1 aromatic heterocycles. The molecule has 2 aromatic carbocycles. The zero-order valence-corrected chi connectivity index (χ0v) is 14.3. The molecule has 0 bridgehead atoms. The van der Waals surface area contributed by atoms with E-state index in [0.717, 1.165) is 11.3 Å². The number of aromatic nitrogens is 2. The number of carbonyl (C=O) groups is 1. The van der Waals surface area contributed by atoms with Crippen LogP contribution in [0.4, 0.5) is 5.69 Å². The molecule has 3 aromatic rings. The van der Waals surface area contributed by atoms with Crippen molar-refractivity contribution >= 4 is 17.3 Å². The van der Waals surface area contributed by atoms with E-state index in [1.54, 1.807) is 36.7 Å². The van der Waals surface area contributed by atoms with E-state index in [0.29, 0.717) is 23.7 Å². The van der Waals surface area contributed by atoms with Gasteiger partial charge >= 0.3 is 0 Å². The number of hydrogen-bond acceptors (Lipinski definition) is 6. The Hall–Kier alpha value is -3.74. The summed E-state index contributed by atoms with van der Waals surface area (Å²) in [7, 11) is 0. The summed E-state index contributed by atoms with van der Waals surface area (Å²) in [6.45, 7) is 0. The number of nitrogens with zero attached hydrogens (tertiary/aromatic N) is 3. The molecule has 1 aliphatic rings. The third-order valence-electron chi connectivity index (χ3n) is 3.95. The first-order valence-electron chi connectivity index (χ1n) is 8.41. The normalized spacial score (nSPS) is 15.6. The first-order chi connectivity index (χ1) is 13.3. The van der Waals surface area contributed by atoms with E-state index in [9.17, 15) is 4.79 Å². The second-order valence-electron chi connectivity index (χ2n) is 5.86. The van der Waals surface area contributed by atoms with Crippen molar-refractivity contribution in [2.75, 3.05) is 5.32 Å². The third-order valence-corrected chi connectivity index (χ3v) is 3.95. The highest BCUT2D eigenvalue weighted by molar-refractivity contribution is 6.06. The lowest BCUT2D eigenvalue weighted by Gasteiger charge is -2.10. The highest BCUT2D eigenvalue weighted by atomic mass is 16.6. The Bertz CT molecular complexity index is 944. The molecule has 1 N–H and O–H groups in total. The monoisotopic (exact) mass is 360 g/mol. The lowest BCUT2D eigenvalue weighted by Crippen LogP contribution is -2.28. The van der Waals surface area contributed by atoms with Crippen LogP contribution in [0.25, 0.3) is 0 Å². The molecule has 0 saturated heterocycles. The van der Waals surface area contributed by atoms with Crippen molar-refractivity contribution in [2.24, 2.45) is 5.16 Å². The van der Waals surface area contributed by atoms with Crippen LogP contribution in [0.5, 0.6) is 11.6 Å². The SMILES string of the molecule is O=C(Nc1ccc(Oc2cnccn2)cc1)[C@@H]1CC(c2ccccc2)=NO1. The van der Waals surface area contributed by atoms with Crippen LogP contribution in [-0.4, -0.2) is 27.7 Å². The minimum atomic E-state index is -0.643. The number of carbonyl (C=O) groups excluding carboxylic acids is 1. The van der Waals surface area contributed by atoms with Crippen LogP contribution in [0.3, 0.4) is 0 Å². The minimum Gasteiger partial charge on any atom is -0.438 e.